The van der Waals surface area contributed by atoms with Crippen molar-refractivity contribution in [3.63, 3.8) is 0 Å². The molecule has 3 heterocycles. The van der Waals surface area contributed by atoms with Crippen LogP contribution in [0.4, 0.5) is 5.69 Å². The lowest BCUT2D eigenvalue weighted by atomic mass is 10.1. The van der Waals surface area contributed by atoms with Crippen LogP contribution in [0.2, 0.25) is 5.02 Å². The summed E-state index contributed by atoms with van der Waals surface area (Å²) in [6.07, 6.45) is 5.82. The highest BCUT2D eigenvalue weighted by Crippen LogP contribution is 2.23. The van der Waals surface area contributed by atoms with Crippen LogP contribution in [-0.4, -0.2) is 48.7 Å². The third-order valence-electron chi connectivity index (χ3n) is 5.15. The summed E-state index contributed by atoms with van der Waals surface area (Å²) < 4.78 is 0. The summed E-state index contributed by atoms with van der Waals surface area (Å²) in [7, 11) is 1.81. The van der Waals surface area contributed by atoms with Crippen molar-refractivity contribution in [1.29, 1.82) is 0 Å². The smallest absolute Gasteiger partial charge is 0.191 e. The van der Waals surface area contributed by atoms with Crippen molar-refractivity contribution in [1.82, 2.24) is 20.6 Å². The molecule has 0 bridgehead atoms. The Kier molecular flexibility index (Phi) is 7.60. The average Bonchev–Trinajstić information content (AvgIpc) is 3.35. The van der Waals surface area contributed by atoms with Gasteiger partial charge in [-0.05, 0) is 48.7 Å². The minimum absolute atomic E-state index is 0. The number of aliphatic imine (C=N–C) groups is 1. The first-order valence-corrected chi connectivity index (χ1v) is 9.99. The Labute approximate surface area is 193 Å². The minimum atomic E-state index is 0. The largest absolute Gasteiger partial charge is 0.369 e. The van der Waals surface area contributed by atoms with Gasteiger partial charge in [0.1, 0.15) is 5.65 Å². The van der Waals surface area contributed by atoms with Gasteiger partial charge in [0, 0.05) is 61.2 Å². The quantitative estimate of drug-likeness (QED) is 0.270. The van der Waals surface area contributed by atoms with E-state index in [1.54, 1.807) is 6.20 Å². The second-order valence-electron chi connectivity index (χ2n) is 7.02. The van der Waals surface area contributed by atoms with Gasteiger partial charge in [-0.3, -0.25) is 4.99 Å². The van der Waals surface area contributed by atoms with Crippen molar-refractivity contribution in [2.45, 2.75) is 18.9 Å². The number of nitrogens with one attached hydrogen (secondary N) is 3. The summed E-state index contributed by atoms with van der Waals surface area (Å²) in [4.78, 5) is 14.3. The van der Waals surface area contributed by atoms with Gasteiger partial charge >= 0.3 is 0 Å². The maximum absolute atomic E-state index is 6.12. The Balaban J connectivity index is 0.00000240. The fourth-order valence-electron chi connectivity index (χ4n) is 3.71. The van der Waals surface area contributed by atoms with Crippen LogP contribution < -0.4 is 15.5 Å². The van der Waals surface area contributed by atoms with Crippen molar-refractivity contribution in [2.75, 3.05) is 31.6 Å². The van der Waals surface area contributed by atoms with Gasteiger partial charge in [-0.1, -0.05) is 17.7 Å². The first-order valence-electron chi connectivity index (χ1n) is 9.61. The Morgan fingerprint density at radius 1 is 1.34 bits per heavy atom. The number of aromatic amines is 1. The van der Waals surface area contributed by atoms with Crippen LogP contribution in [0.1, 0.15) is 12.0 Å². The normalized spacial score (nSPS) is 16.7. The molecular weight excluding hydrogens is 499 g/mol. The summed E-state index contributed by atoms with van der Waals surface area (Å²) in [6.45, 7) is 2.76. The SMILES string of the molecule is CN=C(NCCc1c[nH]c2ncccc12)NC1CCN(c2cccc(Cl)c2)C1.I. The molecule has 0 saturated carbocycles. The number of nitrogens with zero attached hydrogens (tertiary/aromatic N) is 3. The molecule has 1 aliphatic heterocycles. The molecule has 1 unspecified atom stereocenters. The van der Waals surface area contributed by atoms with Crippen LogP contribution in [0.25, 0.3) is 11.0 Å². The molecule has 8 heteroatoms. The van der Waals surface area contributed by atoms with Gasteiger partial charge in [-0.2, -0.15) is 0 Å². The molecule has 154 valence electrons. The second-order valence-corrected chi connectivity index (χ2v) is 7.45. The number of anilines is 1. The number of H-pyrrole nitrogens is 1. The average molecular weight is 525 g/mol. The maximum atomic E-state index is 6.12. The fraction of sp³-hybridized carbons (Fsp3) is 0.333. The first-order chi connectivity index (χ1) is 13.7. The number of pyridine rings is 1. The highest BCUT2D eigenvalue weighted by molar-refractivity contribution is 14.0. The van der Waals surface area contributed by atoms with E-state index in [2.05, 4.69) is 42.6 Å². The van der Waals surface area contributed by atoms with Gasteiger partial charge in [-0.25, -0.2) is 4.98 Å². The Hall–Kier alpha value is -2.00. The number of aromatic nitrogens is 2. The van der Waals surface area contributed by atoms with Crippen LogP contribution in [0.3, 0.4) is 0 Å². The molecule has 4 rings (SSSR count). The summed E-state index contributed by atoms with van der Waals surface area (Å²) in [6, 6.07) is 12.5. The van der Waals surface area contributed by atoms with Gasteiger partial charge in [0.15, 0.2) is 5.96 Å². The molecule has 1 fully saturated rings. The lowest BCUT2D eigenvalue weighted by Gasteiger charge is -2.20. The Morgan fingerprint density at radius 3 is 3.07 bits per heavy atom. The third-order valence-corrected chi connectivity index (χ3v) is 5.38. The number of hydrogen-bond acceptors (Lipinski definition) is 3. The molecule has 0 radical (unpaired) electrons. The van der Waals surface area contributed by atoms with E-state index >= 15 is 0 Å². The number of fused-ring (bicyclic) bond motifs is 1. The van der Waals surface area contributed by atoms with Crippen molar-refractivity contribution >= 4 is 58.3 Å². The van der Waals surface area contributed by atoms with E-state index < -0.39 is 0 Å². The molecule has 3 N–H and O–H groups in total. The highest BCUT2D eigenvalue weighted by Gasteiger charge is 2.23. The molecule has 1 atom stereocenters. The summed E-state index contributed by atoms with van der Waals surface area (Å²) >= 11 is 6.12. The Morgan fingerprint density at radius 2 is 2.24 bits per heavy atom. The minimum Gasteiger partial charge on any atom is -0.369 e. The molecule has 0 spiro atoms. The second kappa shape index (κ2) is 10.2. The molecule has 2 aromatic heterocycles. The van der Waals surface area contributed by atoms with E-state index in [1.807, 2.05) is 37.5 Å². The third kappa shape index (κ3) is 5.33. The van der Waals surface area contributed by atoms with E-state index in [1.165, 1.54) is 16.6 Å². The van der Waals surface area contributed by atoms with Gasteiger partial charge < -0.3 is 20.5 Å². The van der Waals surface area contributed by atoms with Crippen molar-refractivity contribution in [2.24, 2.45) is 4.99 Å². The molecular formula is C21H26ClIN6. The maximum Gasteiger partial charge on any atom is 0.191 e. The Bertz CT molecular complexity index is 972. The van der Waals surface area contributed by atoms with Crippen LogP contribution >= 0.6 is 35.6 Å². The van der Waals surface area contributed by atoms with E-state index in [4.69, 9.17) is 11.6 Å². The molecule has 3 aromatic rings. The predicted molar refractivity (Wildman–Crippen MR) is 132 cm³/mol. The fourth-order valence-corrected chi connectivity index (χ4v) is 3.89. The standard InChI is InChI=1S/C21H25ClN6.HI/c1-23-21(25-10-7-15-13-26-20-19(15)6-3-9-24-20)27-17-8-11-28(14-17)18-5-2-4-16(22)12-18;/h2-6,9,12-13,17H,7-8,10-11,14H2,1H3,(H,24,26)(H2,23,25,27);1H. The van der Waals surface area contributed by atoms with Gasteiger partial charge in [-0.15, -0.1) is 24.0 Å². The number of halogens is 2. The number of hydrogen-bond donors (Lipinski definition) is 3. The number of guanidine groups is 1. The van der Waals surface area contributed by atoms with Gasteiger partial charge in [0.05, 0.1) is 0 Å². The van der Waals surface area contributed by atoms with Crippen molar-refractivity contribution < 1.29 is 0 Å². The van der Waals surface area contributed by atoms with Crippen LogP contribution in [0.5, 0.6) is 0 Å². The van der Waals surface area contributed by atoms with Crippen LogP contribution in [0.15, 0.2) is 53.8 Å². The zero-order chi connectivity index (χ0) is 19.3. The lowest BCUT2D eigenvalue weighted by molar-refractivity contribution is 0.648. The van der Waals surface area contributed by atoms with Gasteiger partial charge in [0.2, 0.25) is 0 Å². The summed E-state index contributed by atoms with van der Waals surface area (Å²) in [5.74, 6) is 0.843. The van der Waals surface area contributed by atoms with E-state index in [9.17, 15) is 0 Å². The molecule has 0 amide bonds. The van der Waals surface area contributed by atoms with E-state index in [-0.39, 0.29) is 24.0 Å². The molecule has 1 aliphatic rings. The number of rotatable bonds is 5. The van der Waals surface area contributed by atoms with Gasteiger partial charge in [0.25, 0.3) is 0 Å². The monoisotopic (exact) mass is 524 g/mol. The lowest BCUT2D eigenvalue weighted by Crippen LogP contribution is -2.45. The first kappa shape index (κ1) is 21.7. The van der Waals surface area contributed by atoms with Crippen molar-refractivity contribution in [3.05, 3.63) is 59.4 Å². The molecule has 29 heavy (non-hydrogen) atoms. The topological polar surface area (TPSA) is 68.3 Å². The zero-order valence-electron chi connectivity index (χ0n) is 16.4. The summed E-state index contributed by atoms with van der Waals surface area (Å²) in [5, 5.41) is 8.93. The molecule has 1 saturated heterocycles. The van der Waals surface area contributed by atoms with Crippen LogP contribution in [-0.2, 0) is 6.42 Å². The molecule has 0 aliphatic carbocycles. The zero-order valence-corrected chi connectivity index (χ0v) is 19.4. The van der Waals surface area contributed by atoms with Crippen molar-refractivity contribution in [3.8, 4) is 0 Å². The number of benzene rings is 1. The van der Waals surface area contributed by atoms with E-state index in [0.29, 0.717) is 6.04 Å². The summed E-state index contributed by atoms with van der Waals surface area (Å²) in [5.41, 5.74) is 3.37. The van der Waals surface area contributed by atoms with E-state index in [0.717, 1.165) is 49.1 Å². The molecule has 1 aromatic carbocycles. The van der Waals surface area contributed by atoms with Crippen LogP contribution in [0, 0.1) is 0 Å². The molecule has 6 nitrogen and oxygen atoms in total. The highest BCUT2D eigenvalue weighted by atomic mass is 127. The predicted octanol–water partition coefficient (Wildman–Crippen LogP) is 3.82.